The summed E-state index contributed by atoms with van der Waals surface area (Å²) in [5.41, 5.74) is 0.347. The van der Waals surface area contributed by atoms with Crippen LogP contribution >= 0.6 is 0 Å². The standard InChI is InChI=1S/C19H22F2N4O3/c20-13-3-4-16(21)15(10-13)17-2-1-7-23(17)18-5-8-24-19(22-18)6-9-25(24)28-12-14(27)11-26/h3-6,8,10,14,17,26-27H,1-2,7,9,11-12H2/t14-,17+/m0/s1. The van der Waals surface area contributed by atoms with Gasteiger partial charge in [0.2, 0.25) is 0 Å². The Kier molecular flexibility index (Phi) is 5.40. The van der Waals surface area contributed by atoms with E-state index in [0.29, 0.717) is 30.3 Å². The van der Waals surface area contributed by atoms with E-state index in [-0.39, 0.29) is 19.3 Å². The van der Waals surface area contributed by atoms with Crippen molar-refractivity contribution in [2.75, 3.05) is 26.3 Å². The summed E-state index contributed by atoms with van der Waals surface area (Å²) in [7, 11) is 0. The summed E-state index contributed by atoms with van der Waals surface area (Å²) in [6.07, 6.45) is 6.08. The first-order chi connectivity index (χ1) is 13.6. The zero-order valence-corrected chi connectivity index (χ0v) is 15.2. The molecule has 2 N–H and O–H groups in total. The predicted octanol–water partition coefficient (Wildman–Crippen LogP) is 1.69. The van der Waals surface area contributed by atoms with E-state index in [4.69, 9.17) is 9.94 Å². The molecule has 1 fully saturated rings. The monoisotopic (exact) mass is 392 g/mol. The number of aliphatic hydroxyl groups is 2. The summed E-state index contributed by atoms with van der Waals surface area (Å²) in [6, 6.07) is 3.28. The van der Waals surface area contributed by atoms with Crippen LogP contribution in [0.2, 0.25) is 0 Å². The highest BCUT2D eigenvalue weighted by Crippen LogP contribution is 2.35. The smallest absolute Gasteiger partial charge is 0.148 e. The molecule has 2 atom stereocenters. The lowest BCUT2D eigenvalue weighted by Gasteiger charge is -2.32. The van der Waals surface area contributed by atoms with Gasteiger partial charge in [-0.05, 0) is 43.2 Å². The van der Waals surface area contributed by atoms with Crippen molar-refractivity contribution in [3.63, 3.8) is 0 Å². The summed E-state index contributed by atoms with van der Waals surface area (Å²) in [4.78, 5) is 12.1. The Morgan fingerprint density at radius 1 is 1.32 bits per heavy atom. The maximum Gasteiger partial charge on any atom is 0.148 e. The minimum atomic E-state index is -0.955. The molecular weight excluding hydrogens is 370 g/mol. The quantitative estimate of drug-likeness (QED) is 0.795. The highest BCUT2D eigenvalue weighted by molar-refractivity contribution is 5.95. The summed E-state index contributed by atoms with van der Waals surface area (Å²) in [6.45, 7) is 0.737. The predicted molar refractivity (Wildman–Crippen MR) is 97.3 cm³/mol. The Hall–Kier alpha value is -2.33. The number of likely N-dealkylation sites (tertiary alicyclic amines) is 1. The molecule has 0 saturated carbocycles. The van der Waals surface area contributed by atoms with Crippen LogP contribution in [0.3, 0.4) is 0 Å². The molecule has 0 aliphatic carbocycles. The molecule has 0 aromatic heterocycles. The minimum Gasteiger partial charge on any atom is -0.394 e. The van der Waals surface area contributed by atoms with Crippen molar-refractivity contribution in [3.05, 3.63) is 59.6 Å². The van der Waals surface area contributed by atoms with Crippen molar-refractivity contribution < 1.29 is 23.8 Å². The molecule has 7 nitrogen and oxygen atoms in total. The van der Waals surface area contributed by atoms with Crippen molar-refractivity contribution in [3.8, 4) is 0 Å². The summed E-state index contributed by atoms with van der Waals surface area (Å²) >= 11 is 0. The van der Waals surface area contributed by atoms with Gasteiger partial charge in [-0.3, -0.25) is 4.84 Å². The maximum atomic E-state index is 14.3. The number of hydrazine groups is 1. The molecule has 9 heteroatoms. The van der Waals surface area contributed by atoms with Gasteiger partial charge in [0.15, 0.2) is 0 Å². The van der Waals surface area contributed by atoms with Crippen LogP contribution in [0.25, 0.3) is 0 Å². The van der Waals surface area contributed by atoms with Gasteiger partial charge in [0, 0.05) is 18.3 Å². The SMILES string of the molecule is OC[C@H](O)CON1CC=C2N=C(N3CCC[C@@H]3c3cc(F)ccc3F)C=CN21. The Balaban J connectivity index is 1.49. The van der Waals surface area contributed by atoms with Gasteiger partial charge >= 0.3 is 0 Å². The third kappa shape index (κ3) is 3.66. The molecule has 0 bridgehead atoms. The topological polar surface area (TPSA) is 71.8 Å². The van der Waals surface area contributed by atoms with Gasteiger partial charge in [-0.2, -0.15) is 0 Å². The van der Waals surface area contributed by atoms with Gasteiger partial charge in [0.25, 0.3) is 0 Å². The molecule has 0 spiro atoms. The van der Waals surface area contributed by atoms with E-state index in [2.05, 4.69) is 4.99 Å². The van der Waals surface area contributed by atoms with E-state index in [1.165, 1.54) is 11.2 Å². The zero-order chi connectivity index (χ0) is 19.7. The van der Waals surface area contributed by atoms with E-state index in [1.807, 2.05) is 11.0 Å². The molecular formula is C19H22F2N4O3. The number of hydrogen-bond acceptors (Lipinski definition) is 7. The van der Waals surface area contributed by atoms with Crippen LogP contribution in [0.5, 0.6) is 0 Å². The Morgan fingerprint density at radius 2 is 2.18 bits per heavy atom. The highest BCUT2D eigenvalue weighted by Gasteiger charge is 2.33. The second-order valence-corrected chi connectivity index (χ2v) is 6.88. The molecule has 3 aliphatic heterocycles. The highest BCUT2D eigenvalue weighted by atomic mass is 19.1. The van der Waals surface area contributed by atoms with Crippen LogP contribution in [-0.4, -0.2) is 63.5 Å². The lowest BCUT2D eigenvalue weighted by molar-refractivity contribution is -0.253. The number of nitrogens with zero attached hydrogens (tertiary/aromatic N) is 4. The van der Waals surface area contributed by atoms with Crippen molar-refractivity contribution in [2.45, 2.75) is 25.0 Å². The van der Waals surface area contributed by atoms with E-state index in [0.717, 1.165) is 25.0 Å². The van der Waals surface area contributed by atoms with Crippen LogP contribution in [-0.2, 0) is 4.84 Å². The number of hydroxylamine groups is 1. The average Bonchev–Trinajstić information content (AvgIpc) is 3.34. The molecule has 28 heavy (non-hydrogen) atoms. The number of aliphatic hydroxyl groups excluding tert-OH is 2. The lowest BCUT2D eigenvalue weighted by Crippen LogP contribution is -2.39. The van der Waals surface area contributed by atoms with Crippen LogP contribution < -0.4 is 0 Å². The van der Waals surface area contributed by atoms with Crippen molar-refractivity contribution >= 4 is 5.84 Å². The molecule has 3 heterocycles. The van der Waals surface area contributed by atoms with Gasteiger partial charge in [-0.25, -0.2) is 18.8 Å². The summed E-state index contributed by atoms with van der Waals surface area (Å²) < 4.78 is 27.9. The van der Waals surface area contributed by atoms with E-state index >= 15 is 0 Å². The lowest BCUT2D eigenvalue weighted by atomic mass is 10.0. The van der Waals surface area contributed by atoms with Crippen LogP contribution in [0, 0.1) is 11.6 Å². The number of rotatable bonds is 5. The summed E-state index contributed by atoms with van der Waals surface area (Å²) in [5, 5.41) is 21.5. The Bertz CT molecular complexity index is 829. The van der Waals surface area contributed by atoms with E-state index in [1.54, 1.807) is 17.3 Å². The third-order valence-electron chi connectivity index (χ3n) is 4.99. The van der Waals surface area contributed by atoms with Crippen molar-refractivity contribution in [1.82, 2.24) is 15.1 Å². The molecule has 0 radical (unpaired) electrons. The fourth-order valence-electron chi connectivity index (χ4n) is 3.63. The second-order valence-electron chi connectivity index (χ2n) is 6.88. The van der Waals surface area contributed by atoms with E-state index in [9.17, 15) is 13.9 Å². The number of benzene rings is 1. The molecule has 150 valence electrons. The van der Waals surface area contributed by atoms with Crippen LogP contribution in [0.4, 0.5) is 8.78 Å². The molecule has 1 aromatic rings. The van der Waals surface area contributed by atoms with Crippen molar-refractivity contribution in [2.24, 2.45) is 4.99 Å². The number of fused-ring (bicyclic) bond motifs is 1. The molecule has 0 unspecified atom stereocenters. The van der Waals surface area contributed by atoms with Crippen molar-refractivity contribution in [1.29, 1.82) is 0 Å². The Labute approximate surface area is 161 Å². The molecule has 4 rings (SSSR count). The van der Waals surface area contributed by atoms with Gasteiger partial charge in [-0.15, -0.1) is 0 Å². The zero-order valence-electron chi connectivity index (χ0n) is 15.2. The van der Waals surface area contributed by atoms with Gasteiger partial charge < -0.3 is 15.1 Å². The second kappa shape index (κ2) is 7.96. The molecule has 0 amide bonds. The van der Waals surface area contributed by atoms with Crippen LogP contribution in [0.15, 0.2) is 47.4 Å². The minimum absolute atomic E-state index is 0.0361. The number of halogens is 2. The first-order valence-corrected chi connectivity index (χ1v) is 9.24. The van der Waals surface area contributed by atoms with Gasteiger partial charge in [0.05, 0.1) is 25.8 Å². The van der Waals surface area contributed by atoms with Gasteiger partial charge in [0.1, 0.15) is 29.4 Å². The Morgan fingerprint density at radius 3 is 3.00 bits per heavy atom. The fourth-order valence-corrected chi connectivity index (χ4v) is 3.63. The average molecular weight is 392 g/mol. The fraction of sp³-hybridized carbons (Fsp3) is 0.421. The first-order valence-electron chi connectivity index (χ1n) is 9.24. The molecule has 1 saturated heterocycles. The summed E-state index contributed by atoms with van der Waals surface area (Å²) in [5.74, 6) is 0.474. The van der Waals surface area contributed by atoms with Crippen LogP contribution in [0.1, 0.15) is 24.4 Å². The van der Waals surface area contributed by atoms with Gasteiger partial charge in [-0.1, -0.05) is 5.17 Å². The number of aliphatic imine (C=N–C) groups is 1. The maximum absolute atomic E-state index is 14.3. The largest absolute Gasteiger partial charge is 0.394 e. The normalized spacial score (nSPS) is 23.1. The number of amidine groups is 1. The molecule has 3 aliphatic rings. The van der Waals surface area contributed by atoms with E-state index < -0.39 is 17.7 Å². The molecule has 1 aromatic carbocycles. The third-order valence-corrected chi connectivity index (χ3v) is 4.99. The first kappa shape index (κ1) is 19.0. The number of hydrogen-bond donors (Lipinski definition) is 2.